The second kappa shape index (κ2) is 4.66. The van der Waals surface area contributed by atoms with Crippen LogP contribution in [0.3, 0.4) is 0 Å². The van der Waals surface area contributed by atoms with Gasteiger partial charge in [-0.2, -0.15) is 13.2 Å². The van der Waals surface area contributed by atoms with E-state index in [9.17, 15) is 13.2 Å². The number of benzene rings is 1. The lowest BCUT2D eigenvalue weighted by atomic mass is 10.1. The normalized spacial score (nSPS) is 12.0. The van der Waals surface area contributed by atoms with Gasteiger partial charge >= 0.3 is 6.18 Å². The summed E-state index contributed by atoms with van der Waals surface area (Å²) < 4.78 is 39.3. The molecular weight excluding hydrogens is 303 g/mol. The highest BCUT2D eigenvalue weighted by atomic mass is 35.5. The van der Waals surface area contributed by atoms with Crippen LogP contribution in [0.1, 0.15) is 5.56 Å². The van der Waals surface area contributed by atoms with Gasteiger partial charge in [-0.25, -0.2) is 4.98 Å². The molecule has 21 heavy (non-hydrogen) atoms. The summed E-state index contributed by atoms with van der Waals surface area (Å²) in [5, 5.41) is 0.247. The Hall–Kier alpha value is -2.21. The van der Waals surface area contributed by atoms with Gasteiger partial charge in [-0.3, -0.25) is 4.40 Å². The van der Waals surface area contributed by atoms with Gasteiger partial charge in [0.05, 0.1) is 11.1 Å². The highest BCUT2D eigenvalue weighted by Crippen LogP contribution is 2.32. The third kappa shape index (κ3) is 2.31. The molecular formula is C14H9ClF3N3. The average molecular weight is 312 g/mol. The molecule has 0 unspecified atom stereocenters. The maximum atomic E-state index is 12.6. The summed E-state index contributed by atoms with van der Waals surface area (Å²) in [6.45, 7) is 0. The Bertz CT molecular complexity index is 807. The maximum Gasteiger partial charge on any atom is 0.416 e. The highest BCUT2D eigenvalue weighted by Gasteiger charge is 2.30. The monoisotopic (exact) mass is 311 g/mol. The molecule has 0 fully saturated rings. The number of fused-ring (bicyclic) bond motifs is 1. The molecule has 2 heterocycles. The molecule has 0 bridgehead atoms. The van der Waals surface area contributed by atoms with Crippen LogP contribution in [-0.4, -0.2) is 9.38 Å². The lowest BCUT2D eigenvalue weighted by Gasteiger charge is -2.08. The van der Waals surface area contributed by atoms with E-state index >= 15 is 0 Å². The van der Waals surface area contributed by atoms with Crippen molar-refractivity contribution in [3.05, 3.63) is 53.2 Å². The van der Waals surface area contributed by atoms with Crippen molar-refractivity contribution >= 4 is 22.9 Å². The number of aromatic nitrogens is 2. The molecule has 2 aromatic heterocycles. The first-order valence-corrected chi connectivity index (χ1v) is 6.36. The number of halogens is 4. The maximum absolute atomic E-state index is 12.6. The number of hydrogen-bond donors (Lipinski definition) is 1. The first kappa shape index (κ1) is 13.8. The second-order valence-electron chi connectivity index (χ2n) is 4.47. The van der Waals surface area contributed by atoms with Crippen LogP contribution in [0.15, 0.2) is 42.5 Å². The van der Waals surface area contributed by atoms with E-state index in [0.29, 0.717) is 22.7 Å². The van der Waals surface area contributed by atoms with E-state index in [1.54, 1.807) is 22.6 Å². The van der Waals surface area contributed by atoms with Crippen LogP contribution in [0, 0.1) is 0 Å². The lowest BCUT2D eigenvalue weighted by molar-refractivity contribution is -0.137. The standard InChI is InChI=1S/C14H9ClF3N3/c15-12-10-2-1-3-11(19)21(10)13(20-12)8-4-6-9(7-5-8)14(16,17)18/h1-7H,19H2. The van der Waals surface area contributed by atoms with Crippen LogP contribution in [0.5, 0.6) is 0 Å². The Morgan fingerprint density at radius 3 is 2.33 bits per heavy atom. The van der Waals surface area contributed by atoms with Crippen LogP contribution < -0.4 is 5.73 Å². The van der Waals surface area contributed by atoms with E-state index in [4.69, 9.17) is 17.3 Å². The van der Waals surface area contributed by atoms with E-state index in [-0.39, 0.29) is 5.15 Å². The fraction of sp³-hybridized carbons (Fsp3) is 0.0714. The molecule has 0 amide bonds. The van der Waals surface area contributed by atoms with Crippen molar-refractivity contribution in [3.63, 3.8) is 0 Å². The number of imidazole rings is 1. The van der Waals surface area contributed by atoms with Crippen molar-refractivity contribution in [1.29, 1.82) is 0 Å². The molecule has 2 N–H and O–H groups in total. The van der Waals surface area contributed by atoms with Crippen molar-refractivity contribution in [2.75, 3.05) is 5.73 Å². The Labute approximate surface area is 122 Å². The average Bonchev–Trinajstić information content (AvgIpc) is 2.77. The summed E-state index contributed by atoms with van der Waals surface area (Å²) in [6.07, 6.45) is -4.37. The fourth-order valence-corrected chi connectivity index (χ4v) is 2.35. The molecule has 0 saturated heterocycles. The number of nitrogens with zero attached hydrogens (tertiary/aromatic N) is 2. The predicted molar refractivity (Wildman–Crippen MR) is 75.1 cm³/mol. The zero-order valence-electron chi connectivity index (χ0n) is 10.5. The van der Waals surface area contributed by atoms with Gasteiger partial charge in [0.25, 0.3) is 0 Å². The number of rotatable bonds is 1. The minimum Gasteiger partial charge on any atom is -0.385 e. The molecule has 3 aromatic rings. The molecule has 0 aliphatic rings. The highest BCUT2D eigenvalue weighted by molar-refractivity contribution is 6.33. The number of nitrogens with two attached hydrogens (primary N) is 1. The van der Waals surface area contributed by atoms with Crippen LogP contribution >= 0.6 is 11.6 Å². The van der Waals surface area contributed by atoms with Crippen LogP contribution in [0.4, 0.5) is 19.0 Å². The van der Waals surface area contributed by atoms with Crippen molar-refractivity contribution in [1.82, 2.24) is 9.38 Å². The summed E-state index contributed by atoms with van der Waals surface area (Å²) in [4.78, 5) is 4.18. The Morgan fingerprint density at radius 1 is 1.05 bits per heavy atom. The summed E-state index contributed by atoms with van der Waals surface area (Å²) in [6, 6.07) is 9.83. The largest absolute Gasteiger partial charge is 0.416 e. The van der Waals surface area contributed by atoms with E-state index in [2.05, 4.69) is 4.98 Å². The third-order valence-corrected chi connectivity index (χ3v) is 3.40. The van der Waals surface area contributed by atoms with E-state index in [1.165, 1.54) is 12.1 Å². The Morgan fingerprint density at radius 2 is 1.71 bits per heavy atom. The van der Waals surface area contributed by atoms with Crippen LogP contribution in [-0.2, 0) is 6.18 Å². The van der Waals surface area contributed by atoms with Crippen molar-refractivity contribution in [2.45, 2.75) is 6.18 Å². The van der Waals surface area contributed by atoms with E-state index in [0.717, 1.165) is 12.1 Å². The molecule has 1 aromatic carbocycles. The molecule has 0 spiro atoms. The second-order valence-corrected chi connectivity index (χ2v) is 4.83. The van der Waals surface area contributed by atoms with Crippen LogP contribution in [0.25, 0.3) is 16.9 Å². The number of alkyl halides is 3. The molecule has 3 nitrogen and oxygen atoms in total. The molecule has 0 aliphatic heterocycles. The van der Waals surface area contributed by atoms with Crippen molar-refractivity contribution in [2.24, 2.45) is 0 Å². The summed E-state index contributed by atoms with van der Waals surface area (Å²) in [7, 11) is 0. The number of pyridine rings is 1. The number of nitrogen functional groups attached to an aromatic ring is 1. The van der Waals surface area contributed by atoms with Gasteiger partial charge in [-0.05, 0) is 24.3 Å². The van der Waals surface area contributed by atoms with Gasteiger partial charge < -0.3 is 5.73 Å². The number of hydrogen-bond acceptors (Lipinski definition) is 2. The van der Waals surface area contributed by atoms with Crippen LogP contribution in [0.2, 0.25) is 5.15 Å². The van der Waals surface area contributed by atoms with Gasteiger partial charge in [-0.1, -0.05) is 29.8 Å². The smallest absolute Gasteiger partial charge is 0.385 e. The fourth-order valence-electron chi connectivity index (χ4n) is 2.13. The lowest BCUT2D eigenvalue weighted by Crippen LogP contribution is -2.04. The zero-order chi connectivity index (χ0) is 15.2. The van der Waals surface area contributed by atoms with Gasteiger partial charge in [-0.15, -0.1) is 0 Å². The molecule has 7 heteroatoms. The Balaban J connectivity index is 2.17. The summed E-state index contributed by atoms with van der Waals surface area (Å²) in [5.41, 5.74) is 6.28. The molecule has 0 atom stereocenters. The zero-order valence-corrected chi connectivity index (χ0v) is 11.3. The third-order valence-electron chi connectivity index (χ3n) is 3.12. The molecule has 0 saturated carbocycles. The van der Waals surface area contributed by atoms with E-state index in [1.807, 2.05) is 0 Å². The number of anilines is 1. The van der Waals surface area contributed by atoms with Crippen molar-refractivity contribution < 1.29 is 13.2 Å². The van der Waals surface area contributed by atoms with E-state index < -0.39 is 11.7 Å². The molecule has 108 valence electrons. The first-order valence-electron chi connectivity index (χ1n) is 5.98. The SMILES string of the molecule is Nc1cccc2c(Cl)nc(-c3ccc(C(F)(F)F)cc3)n12. The van der Waals surface area contributed by atoms with Gasteiger partial charge in [0.2, 0.25) is 0 Å². The predicted octanol–water partition coefficient (Wildman–Crippen LogP) is 4.26. The summed E-state index contributed by atoms with van der Waals surface area (Å²) in [5.74, 6) is 0.809. The molecule has 0 aliphatic carbocycles. The topological polar surface area (TPSA) is 43.3 Å². The quantitative estimate of drug-likeness (QED) is 0.730. The van der Waals surface area contributed by atoms with Gasteiger partial charge in [0.1, 0.15) is 11.6 Å². The molecule has 3 rings (SSSR count). The Kier molecular flexibility index (Phi) is 3.06. The molecule has 0 radical (unpaired) electrons. The van der Waals surface area contributed by atoms with Gasteiger partial charge in [0.15, 0.2) is 5.15 Å². The van der Waals surface area contributed by atoms with Gasteiger partial charge in [0, 0.05) is 5.56 Å². The first-order chi connectivity index (χ1) is 9.88. The van der Waals surface area contributed by atoms with Crippen molar-refractivity contribution in [3.8, 4) is 11.4 Å². The minimum atomic E-state index is -4.37. The summed E-state index contributed by atoms with van der Waals surface area (Å²) >= 11 is 6.04. The minimum absolute atomic E-state index is 0.247.